The summed E-state index contributed by atoms with van der Waals surface area (Å²) in [5, 5.41) is 9.87. The van der Waals surface area contributed by atoms with Gasteiger partial charge in [-0.05, 0) is 63.5 Å². The zero-order valence-electron chi connectivity index (χ0n) is 15.4. The van der Waals surface area contributed by atoms with Crippen LogP contribution in [0.5, 0.6) is 0 Å². The number of hydrogen-bond acceptors (Lipinski definition) is 3. The number of pyridine rings is 1. The summed E-state index contributed by atoms with van der Waals surface area (Å²) in [6.07, 6.45) is 9.99. The Balaban J connectivity index is 1.20. The Morgan fingerprint density at radius 3 is 2.65 bits per heavy atom. The van der Waals surface area contributed by atoms with Crippen molar-refractivity contribution >= 4 is 11.6 Å². The molecule has 0 aromatic carbocycles. The summed E-state index contributed by atoms with van der Waals surface area (Å²) in [6, 6.07) is 6.40. The van der Waals surface area contributed by atoms with Crippen molar-refractivity contribution < 1.29 is 9.90 Å². The Morgan fingerprint density at radius 1 is 1.23 bits per heavy atom. The van der Waals surface area contributed by atoms with Gasteiger partial charge < -0.3 is 14.4 Å². The van der Waals surface area contributed by atoms with Crippen molar-refractivity contribution in [3.63, 3.8) is 0 Å². The highest BCUT2D eigenvalue weighted by Crippen LogP contribution is 2.49. The maximum atomic E-state index is 12.5. The minimum atomic E-state index is -0.616. The molecule has 1 amide bonds. The van der Waals surface area contributed by atoms with E-state index < -0.39 is 5.60 Å². The molecule has 5 nitrogen and oxygen atoms in total. The number of amides is 1. The molecule has 26 heavy (non-hydrogen) atoms. The van der Waals surface area contributed by atoms with Crippen LogP contribution in [0.1, 0.15) is 57.1 Å². The van der Waals surface area contributed by atoms with Gasteiger partial charge in [0, 0.05) is 42.5 Å². The van der Waals surface area contributed by atoms with Crippen LogP contribution in [0.25, 0.3) is 5.65 Å². The lowest BCUT2D eigenvalue weighted by Crippen LogP contribution is -2.62. The number of likely N-dealkylation sites (tertiary alicyclic amines) is 1. The summed E-state index contributed by atoms with van der Waals surface area (Å²) in [7, 11) is 0. The number of carbonyl (C=O) groups is 1. The fourth-order valence-corrected chi connectivity index (χ4v) is 5.50. The van der Waals surface area contributed by atoms with Gasteiger partial charge in [0.1, 0.15) is 5.65 Å². The monoisotopic (exact) mass is 353 g/mol. The van der Waals surface area contributed by atoms with Crippen LogP contribution in [-0.4, -0.2) is 44.0 Å². The highest BCUT2D eigenvalue weighted by molar-refractivity contribution is 5.81. The summed E-state index contributed by atoms with van der Waals surface area (Å²) in [6.45, 7) is 3.68. The topological polar surface area (TPSA) is 57.8 Å². The average molecular weight is 353 g/mol. The van der Waals surface area contributed by atoms with Crippen molar-refractivity contribution in [2.75, 3.05) is 13.1 Å². The second kappa shape index (κ2) is 5.56. The molecule has 138 valence electrons. The van der Waals surface area contributed by atoms with E-state index in [0.29, 0.717) is 24.2 Å². The predicted octanol–water partition coefficient (Wildman–Crippen LogP) is 2.98. The first kappa shape index (κ1) is 16.3. The molecular formula is C21H27N3O2. The lowest BCUT2D eigenvalue weighted by molar-refractivity contribution is -0.163. The Morgan fingerprint density at radius 2 is 1.96 bits per heavy atom. The molecule has 2 aromatic heterocycles. The number of rotatable bonds is 2. The molecule has 1 aliphatic heterocycles. The van der Waals surface area contributed by atoms with Crippen LogP contribution in [0.2, 0.25) is 0 Å². The molecule has 1 saturated heterocycles. The maximum absolute atomic E-state index is 12.5. The van der Waals surface area contributed by atoms with Gasteiger partial charge in [-0.1, -0.05) is 6.07 Å². The van der Waals surface area contributed by atoms with E-state index in [1.165, 1.54) is 31.4 Å². The number of fused-ring (bicyclic) bond motifs is 1. The molecule has 0 bridgehead atoms. The van der Waals surface area contributed by atoms with Crippen molar-refractivity contribution in [2.24, 2.45) is 11.3 Å². The summed E-state index contributed by atoms with van der Waals surface area (Å²) in [5.74, 6) is 0.912. The molecule has 5 heteroatoms. The standard InChI is InChI=1S/C21H27N3O2/c1-20(26)11-16(12-20)19(25)23-13-21(14-23)7-5-15(6-8-21)17-3-2-4-18-22-9-10-24(17)18/h2-4,9-10,15-16,26H,5-8,11-14H2,1H3/t16-,20+. The van der Waals surface area contributed by atoms with Crippen molar-refractivity contribution in [3.05, 3.63) is 36.3 Å². The van der Waals surface area contributed by atoms with E-state index in [0.717, 1.165) is 18.7 Å². The SMILES string of the molecule is C[C@]1(O)C[C@@H](C(=O)N2CC3(CCC(c4cccc5nccn45)CC3)C2)C1. The minimum absolute atomic E-state index is 0.0533. The number of aliphatic hydroxyl groups is 1. The predicted molar refractivity (Wildman–Crippen MR) is 98.8 cm³/mol. The van der Waals surface area contributed by atoms with Crippen molar-refractivity contribution in [3.8, 4) is 0 Å². The van der Waals surface area contributed by atoms with E-state index in [4.69, 9.17) is 0 Å². The Bertz CT molecular complexity index is 832. The molecule has 5 rings (SSSR count). The highest BCUT2D eigenvalue weighted by atomic mass is 16.3. The van der Waals surface area contributed by atoms with Gasteiger partial charge in [-0.15, -0.1) is 0 Å². The third-order valence-electron chi connectivity index (χ3n) is 7.01. The number of carbonyl (C=O) groups excluding carboxylic acids is 1. The molecule has 2 aromatic rings. The second-order valence-corrected chi connectivity index (χ2v) is 9.18. The third-order valence-corrected chi connectivity index (χ3v) is 7.01. The Kier molecular flexibility index (Phi) is 3.48. The lowest BCUT2D eigenvalue weighted by Gasteiger charge is -2.55. The number of imidazole rings is 1. The van der Waals surface area contributed by atoms with Gasteiger partial charge >= 0.3 is 0 Å². The van der Waals surface area contributed by atoms with Crippen LogP contribution in [0.3, 0.4) is 0 Å². The van der Waals surface area contributed by atoms with E-state index in [2.05, 4.69) is 33.8 Å². The molecule has 2 aliphatic carbocycles. The second-order valence-electron chi connectivity index (χ2n) is 9.18. The quantitative estimate of drug-likeness (QED) is 0.903. The van der Waals surface area contributed by atoms with E-state index in [1.807, 2.05) is 18.0 Å². The van der Waals surface area contributed by atoms with Crippen molar-refractivity contribution in [1.29, 1.82) is 0 Å². The number of hydrogen-bond donors (Lipinski definition) is 1. The molecule has 2 saturated carbocycles. The van der Waals surface area contributed by atoms with Gasteiger partial charge in [0.25, 0.3) is 0 Å². The zero-order chi connectivity index (χ0) is 17.9. The first-order valence-corrected chi connectivity index (χ1v) is 9.88. The molecule has 0 atom stereocenters. The van der Waals surface area contributed by atoms with E-state index in [9.17, 15) is 9.90 Å². The van der Waals surface area contributed by atoms with Crippen LogP contribution in [-0.2, 0) is 4.79 Å². The Hall–Kier alpha value is -1.88. The summed E-state index contributed by atoms with van der Waals surface area (Å²) >= 11 is 0. The van der Waals surface area contributed by atoms with Gasteiger partial charge in [-0.2, -0.15) is 0 Å². The normalized spacial score (nSPS) is 31.0. The lowest BCUT2D eigenvalue weighted by atomic mass is 9.64. The van der Waals surface area contributed by atoms with Gasteiger partial charge in [0.2, 0.25) is 5.91 Å². The summed E-state index contributed by atoms with van der Waals surface area (Å²) in [5.41, 5.74) is 2.13. The van der Waals surface area contributed by atoms with Gasteiger partial charge in [0.15, 0.2) is 0 Å². The summed E-state index contributed by atoms with van der Waals surface area (Å²) < 4.78 is 2.22. The van der Waals surface area contributed by atoms with Crippen LogP contribution in [0.4, 0.5) is 0 Å². The van der Waals surface area contributed by atoms with Crippen LogP contribution < -0.4 is 0 Å². The first-order chi connectivity index (χ1) is 12.4. The summed E-state index contributed by atoms with van der Waals surface area (Å²) in [4.78, 5) is 19.0. The molecular weight excluding hydrogens is 326 g/mol. The fourth-order valence-electron chi connectivity index (χ4n) is 5.50. The van der Waals surface area contributed by atoms with Gasteiger partial charge in [0.05, 0.1) is 5.60 Å². The average Bonchev–Trinajstić information content (AvgIpc) is 3.06. The molecule has 1 spiro atoms. The van der Waals surface area contributed by atoms with Crippen LogP contribution >= 0.6 is 0 Å². The first-order valence-electron chi connectivity index (χ1n) is 9.88. The molecule has 3 aliphatic rings. The number of aromatic nitrogens is 2. The smallest absolute Gasteiger partial charge is 0.225 e. The molecule has 3 heterocycles. The third kappa shape index (κ3) is 2.56. The maximum Gasteiger partial charge on any atom is 0.225 e. The molecule has 0 radical (unpaired) electrons. The molecule has 0 unspecified atom stereocenters. The van der Waals surface area contributed by atoms with Gasteiger partial charge in [-0.25, -0.2) is 4.98 Å². The van der Waals surface area contributed by atoms with Crippen molar-refractivity contribution in [2.45, 2.75) is 57.0 Å². The van der Waals surface area contributed by atoms with E-state index in [1.54, 1.807) is 0 Å². The van der Waals surface area contributed by atoms with E-state index >= 15 is 0 Å². The number of nitrogens with zero attached hydrogens (tertiary/aromatic N) is 3. The zero-order valence-corrected chi connectivity index (χ0v) is 15.4. The highest BCUT2D eigenvalue weighted by Gasteiger charge is 2.51. The molecule has 1 N–H and O–H groups in total. The molecule has 3 fully saturated rings. The van der Waals surface area contributed by atoms with Crippen LogP contribution in [0, 0.1) is 11.3 Å². The minimum Gasteiger partial charge on any atom is -0.390 e. The van der Waals surface area contributed by atoms with E-state index in [-0.39, 0.29) is 11.8 Å². The Labute approximate surface area is 154 Å². The van der Waals surface area contributed by atoms with Gasteiger partial charge in [-0.3, -0.25) is 4.79 Å². The fraction of sp³-hybridized carbons (Fsp3) is 0.619. The largest absolute Gasteiger partial charge is 0.390 e. The van der Waals surface area contributed by atoms with Crippen LogP contribution in [0.15, 0.2) is 30.6 Å². The van der Waals surface area contributed by atoms with Crippen molar-refractivity contribution in [1.82, 2.24) is 14.3 Å².